The number of nitrogens with one attached hydrogen (secondary N) is 1. The van der Waals surface area contributed by atoms with Crippen LogP contribution in [0.15, 0.2) is 18.2 Å². The second kappa shape index (κ2) is 4.38. The highest BCUT2D eigenvalue weighted by Gasteiger charge is 2.33. The fourth-order valence-electron chi connectivity index (χ4n) is 0.907. The van der Waals surface area contributed by atoms with Gasteiger partial charge in [-0.15, -0.1) is 0 Å². The number of hydrogen-bond acceptors (Lipinski definition) is 1. The average molecular weight is 260 g/mol. The molecule has 1 aromatic carbocycles. The van der Waals surface area contributed by atoms with Gasteiger partial charge in [-0.25, -0.2) is 4.21 Å². The molecule has 2 N–H and O–H groups in total. The lowest BCUT2D eigenvalue weighted by atomic mass is 10.2. The van der Waals surface area contributed by atoms with Gasteiger partial charge in [0.15, 0.2) is 0 Å². The van der Waals surface area contributed by atoms with E-state index >= 15 is 0 Å². The van der Waals surface area contributed by atoms with Crippen molar-refractivity contribution in [2.75, 3.05) is 4.72 Å². The highest BCUT2D eigenvalue weighted by molar-refractivity contribution is 7.80. The Morgan fingerprint density at radius 3 is 2.47 bits per heavy atom. The maximum absolute atomic E-state index is 12.3. The Kier molecular flexibility index (Phi) is 3.58. The van der Waals surface area contributed by atoms with Gasteiger partial charge < -0.3 is 0 Å². The van der Waals surface area contributed by atoms with Crippen molar-refractivity contribution in [1.82, 2.24) is 0 Å². The van der Waals surface area contributed by atoms with Crippen molar-refractivity contribution in [3.8, 4) is 0 Å². The molecule has 0 radical (unpaired) electrons. The number of rotatable bonds is 2. The number of alkyl halides is 3. The van der Waals surface area contributed by atoms with Crippen LogP contribution in [0.25, 0.3) is 0 Å². The van der Waals surface area contributed by atoms with E-state index in [4.69, 9.17) is 16.2 Å². The average Bonchev–Trinajstić information content (AvgIpc) is 2.05. The van der Waals surface area contributed by atoms with Crippen LogP contribution in [0, 0.1) is 0 Å². The topological polar surface area (TPSA) is 49.3 Å². The van der Waals surface area contributed by atoms with Crippen LogP contribution in [0.1, 0.15) is 5.56 Å². The lowest BCUT2D eigenvalue weighted by Gasteiger charge is -2.10. The van der Waals surface area contributed by atoms with Crippen LogP contribution in [0.3, 0.4) is 0 Å². The zero-order valence-corrected chi connectivity index (χ0v) is 8.58. The number of hydrogen-bond donors (Lipinski definition) is 2. The van der Waals surface area contributed by atoms with E-state index in [1.54, 1.807) is 0 Å². The van der Waals surface area contributed by atoms with Gasteiger partial charge in [0.2, 0.25) is 0 Å². The van der Waals surface area contributed by atoms with Crippen LogP contribution < -0.4 is 4.72 Å². The third-order valence-corrected chi connectivity index (χ3v) is 2.22. The molecule has 0 aliphatic carbocycles. The van der Waals surface area contributed by atoms with Crippen LogP contribution >= 0.6 is 11.6 Å². The van der Waals surface area contributed by atoms with Crippen LogP contribution in [-0.4, -0.2) is 8.76 Å². The molecule has 0 amide bonds. The monoisotopic (exact) mass is 259 g/mol. The van der Waals surface area contributed by atoms with Gasteiger partial charge in [0, 0.05) is 5.69 Å². The maximum atomic E-state index is 12.3. The SMILES string of the molecule is O=S(O)Nc1ccc(Cl)c(C(F)(F)F)c1. The molecular formula is C7H5ClF3NO2S. The summed E-state index contributed by atoms with van der Waals surface area (Å²) in [5.74, 6) is 0. The van der Waals surface area contributed by atoms with Crippen molar-refractivity contribution in [3.05, 3.63) is 28.8 Å². The Hall–Kier alpha value is -0.790. The van der Waals surface area contributed by atoms with Crippen LogP contribution in [0.2, 0.25) is 5.02 Å². The number of benzene rings is 1. The van der Waals surface area contributed by atoms with Gasteiger partial charge >= 0.3 is 6.18 Å². The second-order valence-electron chi connectivity index (χ2n) is 2.54. The van der Waals surface area contributed by atoms with Crippen LogP contribution in [0.5, 0.6) is 0 Å². The maximum Gasteiger partial charge on any atom is 0.417 e. The van der Waals surface area contributed by atoms with Crippen molar-refractivity contribution in [2.24, 2.45) is 0 Å². The molecule has 0 aliphatic rings. The minimum Gasteiger partial charge on any atom is -0.289 e. The summed E-state index contributed by atoms with van der Waals surface area (Å²) >= 11 is 2.91. The molecule has 0 fully saturated rings. The Balaban J connectivity index is 3.11. The first-order chi connectivity index (χ1) is 6.80. The molecule has 8 heteroatoms. The molecule has 15 heavy (non-hydrogen) atoms. The predicted octanol–water partition coefficient (Wildman–Crippen LogP) is 2.91. The largest absolute Gasteiger partial charge is 0.417 e. The quantitative estimate of drug-likeness (QED) is 0.803. The van der Waals surface area contributed by atoms with E-state index in [1.165, 1.54) is 6.07 Å². The van der Waals surface area contributed by atoms with Crippen molar-refractivity contribution < 1.29 is 21.9 Å². The second-order valence-corrected chi connectivity index (χ2v) is 3.65. The summed E-state index contributed by atoms with van der Waals surface area (Å²) in [7, 11) is 0. The molecule has 0 aliphatic heterocycles. The molecule has 0 bridgehead atoms. The molecule has 0 aromatic heterocycles. The van der Waals surface area contributed by atoms with Crippen LogP contribution in [0.4, 0.5) is 18.9 Å². The van der Waals surface area contributed by atoms with Gasteiger partial charge in [-0.2, -0.15) is 13.2 Å². The fraction of sp³-hybridized carbons (Fsp3) is 0.143. The van der Waals surface area contributed by atoms with Gasteiger partial charge in [-0.05, 0) is 18.2 Å². The minimum absolute atomic E-state index is 0.132. The lowest BCUT2D eigenvalue weighted by molar-refractivity contribution is -0.137. The molecule has 0 saturated carbocycles. The Bertz CT molecular complexity index is 396. The first kappa shape index (κ1) is 12.3. The van der Waals surface area contributed by atoms with E-state index in [1.807, 2.05) is 4.72 Å². The van der Waals surface area contributed by atoms with Gasteiger partial charge in [-0.3, -0.25) is 9.27 Å². The van der Waals surface area contributed by atoms with Gasteiger partial charge in [0.05, 0.1) is 10.6 Å². The predicted molar refractivity (Wildman–Crippen MR) is 50.8 cm³/mol. The summed E-state index contributed by atoms with van der Waals surface area (Å²) in [6, 6.07) is 2.84. The summed E-state index contributed by atoms with van der Waals surface area (Å²) in [6.07, 6.45) is -4.59. The summed E-state index contributed by atoms with van der Waals surface area (Å²) in [5.41, 5.74) is -1.19. The molecule has 1 rings (SSSR count). The van der Waals surface area contributed by atoms with Crippen molar-refractivity contribution >= 4 is 28.6 Å². The zero-order chi connectivity index (χ0) is 11.6. The first-order valence-corrected chi connectivity index (χ1v) is 5.03. The molecule has 84 valence electrons. The highest BCUT2D eigenvalue weighted by Crippen LogP contribution is 2.36. The Labute approximate surface area is 90.7 Å². The number of halogens is 4. The Morgan fingerprint density at radius 1 is 1.40 bits per heavy atom. The zero-order valence-electron chi connectivity index (χ0n) is 7.01. The molecule has 1 unspecified atom stereocenters. The molecule has 0 saturated heterocycles. The summed E-state index contributed by atoms with van der Waals surface area (Å²) in [5, 5.41) is -0.461. The standard InChI is InChI=1S/C7H5ClF3NO2S/c8-6-2-1-4(12-15(13)14)3-5(6)7(9,10)11/h1-3,12H,(H,13,14). The molecule has 1 aromatic rings. The Morgan fingerprint density at radius 2 is 2.00 bits per heavy atom. The number of anilines is 1. The van der Waals surface area contributed by atoms with E-state index in [2.05, 4.69) is 0 Å². The van der Waals surface area contributed by atoms with Gasteiger partial charge in [-0.1, -0.05) is 11.6 Å². The van der Waals surface area contributed by atoms with Crippen LogP contribution in [-0.2, 0) is 17.4 Å². The van der Waals surface area contributed by atoms with E-state index in [9.17, 15) is 17.4 Å². The first-order valence-electron chi connectivity index (χ1n) is 3.55. The van der Waals surface area contributed by atoms with Crippen molar-refractivity contribution in [3.63, 3.8) is 0 Å². The van der Waals surface area contributed by atoms with Gasteiger partial charge in [0.25, 0.3) is 11.3 Å². The fourth-order valence-corrected chi connectivity index (χ4v) is 1.46. The normalized spacial score (nSPS) is 13.7. The van der Waals surface area contributed by atoms with E-state index in [0.717, 1.165) is 6.07 Å². The minimum atomic E-state index is -4.59. The van der Waals surface area contributed by atoms with E-state index in [0.29, 0.717) is 6.07 Å². The molecule has 0 spiro atoms. The van der Waals surface area contributed by atoms with Crippen molar-refractivity contribution in [2.45, 2.75) is 6.18 Å². The smallest absolute Gasteiger partial charge is 0.289 e. The third kappa shape index (κ3) is 3.37. The summed E-state index contributed by atoms with van der Waals surface area (Å²) in [6.45, 7) is 0. The van der Waals surface area contributed by atoms with E-state index < -0.39 is 28.0 Å². The highest BCUT2D eigenvalue weighted by atomic mass is 35.5. The summed E-state index contributed by atoms with van der Waals surface area (Å²) in [4.78, 5) is 0. The molecule has 0 heterocycles. The van der Waals surface area contributed by atoms with Gasteiger partial charge in [0.1, 0.15) is 0 Å². The molecule has 1 atom stereocenters. The summed E-state index contributed by atoms with van der Waals surface area (Å²) < 4.78 is 57.6. The molecule has 3 nitrogen and oxygen atoms in total. The van der Waals surface area contributed by atoms with E-state index in [-0.39, 0.29) is 5.69 Å². The lowest BCUT2D eigenvalue weighted by Crippen LogP contribution is -2.08. The van der Waals surface area contributed by atoms with Crippen molar-refractivity contribution in [1.29, 1.82) is 0 Å². The molecular weight excluding hydrogens is 255 g/mol. The third-order valence-electron chi connectivity index (χ3n) is 1.48.